The maximum atomic E-state index is 3.65. The summed E-state index contributed by atoms with van der Waals surface area (Å²) in [6.45, 7) is 0. The molecule has 2 aliphatic carbocycles. The zero-order chi connectivity index (χ0) is 14.4. The van der Waals surface area contributed by atoms with E-state index in [4.69, 9.17) is 0 Å². The molecule has 0 aromatic rings. The monoisotopic (exact) mass is 298 g/mol. The standard InChI is InChI=1S/C15H34N4Si/c1-16-20(17-2,18-3)19(14-10-6-4-7-11-14)15-12-8-5-9-13-15/h14-18H,4-13H2,1-3H3. The third kappa shape index (κ3) is 3.44. The summed E-state index contributed by atoms with van der Waals surface area (Å²) in [5.74, 6) is 0. The van der Waals surface area contributed by atoms with Crippen LogP contribution in [-0.4, -0.2) is 46.5 Å². The third-order valence-corrected chi connectivity index (χ3v) is 9.08. The van der Waals surface area contributed by atoms with E-state index in [1.807, 2.05) is 0 Å². The minimum atomic E-state index is -1.94. The summed E-state index contributed by atoms with van der Waals surface area (Å²) in [4.78, 5) is 11.0. The molecule has 5 heteroatoms. The van der Waals surface area contributed by atoms with Crippen LogP contribution in [0.5, 0.6) is 0 Å². The third-order valence-electron chi connectivity index (χ3n) is 5.41. The Kier molecular flexibility index (Phi) is 6.48. The van der Waals surface area contributed by atoms with E-state index in [1.54, 1.807) is 0 Å². The van der Waals surface area contributed by atoms with E-state index in [0.29, 0.717) is 0 Å². The second-order valence-electron chi connectivity index (χ2n) is 6.45. The fourth-order valence-corrected chi connectivity index (χ4v) is 7.46. The van der Waals surface area contributed by atoms with Gasteiger partial charge in [0.2, 0.25) is 0 Å². The van der Waals surface area contributed by atoms with Gasteiger partial charge in [0.15, 0.2) is 0 Å². The van der Waals surface area contributed by atoms with Gasteiger partial charge < -0.3 is 14.9 Å². The van der Waals surface area contributed by atoms with Crippen LogP contribution < -0.4 is 14.9 Å². The van der Waals surface area contributed by atoms with Crippen molar-refractivity contribution in [1.82, 2.24) is 19.5 Å². The molecular formula is C15H34N4Si. The van der Waals surface area contributed by atoms with Crippen LogP contribution in [0.3, 0.4) is 0 Å². The maximum absolute atomic E-state index is 3.65. The summed E-state index contributed by atoms with van der Waals surface area (Å²) >= 11 is 0. The van der Waals surface area contributed by atoms with Crippen molar-refractivity contribution in [3.8, 4) is 0 Å². The van der Waals surface area contributed by atoms with Gasteiger partial charge in [0.1, 0.15) is 0 Å². The van der Waals surface area contributed by atoms with Crippen LogP contribution in [0.1, 0.15) is 64.2 Å². The zero-order valence-corrected chi connectivity index (χ0v) is 14.7. The van der Waals surface area contributed by atoms with E-state index >= 15 is 0 Å². The van der Waals surface area contributed by atoms with Crippen molar-refractivity contribution in [2.24, 2.45) is 0 Å². The van der Waals surface area contributed by atoms with Crippen molar-refractivity contribution in [2.75, 3.05) is 21.1 Å². The first-order chi connectivity index (χ1) is 9.77. The Morgan fingerprint density at radius 2 is 1.00 bits per heavy atom. The minimum Gasteiger partial charge on any atom is -0.303 e. The second kappa shape index (κ2) is 7.89. The van der Waals surface area contributed by atoms with E-state index in [-0.39, 0.29) is 0 Å². The SMILES string of the molecule is CN[Si](NC)(NC)N(C1CCCCC1)C1CCCCC1. The quantitative estimate of drug-likeness (QED) is 0.656. The first-order valence-electron chi connectivity index (χ1n) is 8.62. The lowest BCUT2D eigenvalue weighted by molar-refractivity contribution is 0.149. The minimum absolute atomic E-state index is 0.769. The van der Waals surface area contributed by atoms with Crippen molar-refractivity contribution in [3.05, 3.63) is 0 Å². The smallest absolute Gasteiger partial charge is 0.303 e. The molecule has 0 heterocycles. The molecule has 0 unspecified atom stereocenters. The van der Waals surface area contributed by atoms with Gasteiger partial charge >= 0.3 is 8.72 Å². The molecule has 2 fully saturated rings. The Morgan fingerprint density at radius 1 is 0.650 bits per heavy atom. The highest BCUT2D eigenvalue weighted by atomic mass is 28.4. The summed E-state index contributed by atoms with van der Waals surface area (Å²) in [5.41, 5.74) is 0. The summed E-state index contributed by atoms with van der Waals surface area (Å²) in [7, 11) is 4.43. The summed E-state index contributed by atoms with van der Waals surface area (Å²) in [6, 6.07) is 1.54. The molecule has 0 aliphatic heterocycles. The molecule has 118 valence electrons. The second-order valence-corrected chi connectivity index (χ2v) is 9.89. The summed E-state index contributed by atoms with van der Waals surface area (Å²) in [6.07, 6.45) is 14.1. The van der Waals surface area contributed by atoms with Crippen LogP contribution in [0.25, 0.3) is 0 Å². The van der Waals surface area contributed by atoms with Crippen LogP contribution in [0.4, 0.5) is 0 Å². The van der Waals surface area contributed by atoms with E-state index in [1.165, 1.54) is 64.2 Å². The van der Waals surface area contributed by atoms with Crippen molar-refractivity contribution in [1.29, 1.82) is 0 Å². The van der Waals surface area contributed by atoms with Crippen molar-refractivity contribution in [2.45, 2.75) is 76.3 Å². The summed E-state index contributed by atoms with van der Waals surface area (Å²) in [5, 5.41) is 0. The lowest BCUT2D eigenvalue weighted by Gasteiger charge is -2.50. The van der Waals surface area contributed by atoms with E-state index in [2.05, 4.69) is 40.7 Å². The topological polar surface area (TPSA) is 39.3 Å². The predicted octanol–water partition coefficient (Wildman–Crippen LogP) is 2.05. The maximum Gasteiger partial charge on any atom is 0.368 e. The van der Waals surface area contributed by atoms with Gasteiger partial charge in [-0.25, -0.2) is 0 Å². The molecule has 0 saturated heterocycles. The molecular weight excluding hydrogens is 264 g/mol. The number of nitrogens with one attached hydrogen (secondary N) is 3. The highest BCUT2D eigenvalue weighted by Crippen LogP contribution is 2.31. The highest BCUT2D eigenvalue weighted by molar-refractivity contribution is 6.69. The lowest BCUT2D eigenvalue weighted by atomic mass is 9.91. The van der Waals surface area contributed by atoms with Gasteiger partial charge in [-0.15, -0.1) is 0 Å². The molecule has 4 nitrogen and oxygen atoms in total. The Hall–Kier alpha value is 0.0569. The first-order valence-corrected chi connectivity index (χ1v) is 10.6. The van der Waals surface area contributed by atoms with E-state index in [9.17, 15) is 0 Å². The summed E-state index contributed by atoms with van der Waals surface area (Å²) < 4.78 is 2.88. The van der Waals surface area contributed by atoms with Gasteiger partial charge in [0.25, 0.3) is 0 Å². The number of hydrogen-bond acceptors (Lipinski definition) is 4. The van der Waals surface area contributed by atoms with Gasteiger partial charge in [0, 0.05) is 12.1 Å². The molecule has 0 aromatic carbocycles. The van der Waals surface area contributed by atoms with Gasteiger partial charge in [-0.2, -0.15) is 0 Å². The molecule has 0 bridgehead atoms. The predicted molar refractivity (Wildman–Crippen MR) is 88.5 cm³/mol. The normalized spacial score (nSPS) is 23.4. The van der Waals surface area contributed by atoms with Gasteiger partial charge in [-0.3, -0.25) is 4.57 Å². The number of nitrogens with zero attached hydrogens (tertiary/aromatic N) is 1. The molecule has 3 N–H and O–H groups in total. The van der Waals surface area contributed by atoms with Crippen LogP contribution in [0, 0.1) is 0 Å². The van der Waals surface area contributed by atoms with Crippen LogP contribution >= 0.6 is 0 Å². The van der Waals surface area contributed by atoms with Crippen LogP contribution in [0.15, 0.2) is 0 Å². The molecule has 2 aliphatic rings. The number of hydrogen-bond donors (Lipinski definition) is 3. The van der Waals surface area contributed by atoms with Crippen LogP contribution in [0.2, 0.25) is 0 Å². The van der Waals surface area contributed by atoms with Gasteiger partial charge in [0.05, 0.1) is 0 Å². The highest BCUT2D eigenvalue weighted by Gasteiger charge is 2.45. The lowest BCUT2D eigenvalue weighted by Crippen LogP contribution is -2.82. The van der Waals surface area contributed by atoms with Crippen molar-refractivity contribution < 1.29 is 0 Å². The molecule has 0 aromatic heterocycles. The molecule has 0 atom stereocenters. The van der Waals surface area contributed by atoms with Gasteiger partial charge in [-0.05, 0) is 46.8 Å². The molecule has 0 spiro atoms. The van der Waals surface area contributed by atoms with E-state index < -0.39 is 8.72 Å². The van der Waals surface area contributed by atoms with Crippen LogP contribution in [-0.2, 0) is 0 Å². The van der Waals surface area contributed by atoms with Crippen molar-refractivity contribution >= 4 is 8.72 Å². The Labute approximate surface area is 126 Å². The molecule has 2 rings (SSSR count). The van der Waals surface area contributed by atoms with Gasteiger partial charge in [-0.1, -0.05) is 38.5 Å². The Balaban J connectivity index is 2.20. The largest absolute Gasteiger partial charge is 0.368 e. The fraction of sp³-hybridized carbons (Fsp3) is 1.00. The van der Waals surface area contributed by atoms with Crippen molar-refractivity contribution in [3.63, 3.8) is 0 Å². The molecule has 0 amide bonds. The Morgan fingerprint density at radius 3 is 1.30 bits per heavy atom. The number of rotatable bonds is 6. The first kappa shape index (κ1) is 16.4. The zero-order valence-electron chi connectivity index (χ0n) is 13.7. The average molecular weight is 299 g/mol. The molecule has 20 heavy (non-hydrogen) atoms. The molecule has 0 radical (unpaired) electrons. The molecule has 2 saturated carbocycles. The average Bonchev–Trinajstić information content (AvgIpc) is 2.54. The fourth-order valence-electron chi connectivity index (χ4n) is 4.33. The van der Waals surface area contributed by atoms with E-state index in [0.717, 1.165) is 12.1 Å². The Bertz CT molecular complexity index is 245.